The molecule has 2 rings (SSSR count). The molecule has 9 nitrogen and oxygen atoms in total. The van der Waals surface area contributed by atoms with Crippen molar-refractivity contribution in [1.82, 2.24) is 9.78 Å². The Balaban J connectivity index is 2.14. The lowest BCUT2D eigenvalue weighted by molar-refractivity contribution is -0.384. The van der Waals surface area contributed by atoms with E-state index >= 15 is 0 Å². The summed E-state index contributed by atoms with van der Waals surface area (Å²) in [5.74, 6) is -0.113. The fourth-order valence-electron chi connectivity index (χ4n) is 2.97. The number of carbonyl (C=O) groups excluding carboxylic acids is 1. The standard InChI is InChI=1S/C15H25N5O4/c1-15(2,3)24-14(21)12(16)10-6-5-7-19(9-10)13-11(20(22)23)8-17-18(13)4/h8,10,12H,5-7,9,16H2,1-4H3/t10-,12?/m0/s1. The van der Waals surface area contributed by atoms with Crippen LogP contribution < -0.4 is 10.6 Å². The van der Waals surface area contributed by atoms with Crippen LogP contribution in [0.3, 0.4) is 0 Å². The summed E-state index contributed by atoms with van der Waals surface area (Å²) in [7, 11) is 1.67. The van der Waals surface area contributed by atoms with Crippen LogP contribution >= 0.6 is 0 Å². The van der Waals surface area contributed by atoms with Crippen LogP contribution in [0.25, 0.3) is 0 Å². The Bertz CT molecular complexity index is 622. The first-order valence-corrected chi connectivity index (χ1v) is 8.00. The monoisotopic (exact) mass is 339 g/mol. The largest absolute Gasteiger partial charge is 0.459 e. The number of esters is 1. The zero-order chi connectivity index (χ0) is 18.1. The van der Waals surface area contributed by atoms with E-state index < -0.39 is 22.5 Å². The van der Waals surface area contributed by atoms with E-state index in [0.29, 0.717) is 18.9 Å². The summed E-state index contributed by atoms with van der Waals surface area (Å²) >= 11 is 0. The third kappa shape index (κ3) is 4.02. The number of rotatable bonds is 4. The average molecular weight is 339 g/mol. The van der Waals surface area contributed by atoms with E-state index in [-0.39, 0.29) is 11.6 Å². The second-order valence-corrected chi connectivity index (χ2v) is 7.14. The highest BCUT2D eigenvalue weighted by atomic mass is 16.6. The maximum atomic E-state index is 12.2. The summed E-state index contributed by atoms with van der Waals surface area (Å²) in [6, 6.07) is -0.751. The zero-order valence-electron chi connectivity index (χ0n) is 14.6. The van der Waals surface area contributed by atoms with Crippen molar-refractivity contribution < 1.29 is 14.5 Å². The molecule has 1 aliphatic rings. The Labute approximate surface area is 140 Å². The van der Waals surface area contributed by atoms with E-state index in [9.17, 15) is 14.9 Å². The molecule has 9 heteroatoms. The highest BCUT2D eigenvalue weighted by molar-refractivity contribution is 5.76. The molecule has 0 aromatic carbocycles. The van der Waals surface area contributed by atoms with Crippen molar-refractivity contribution in [2.75, 3.05) is 18.0 Å². The van der Waals surface area contributed by atoms with Crippen LogP contribution in [0.2, 0.25) is 0 Å². The molecule has 0 aliphatic carbocycles. The fourth-order valence-corrected chi connectivity index (χ4v) is 2.97. The number of nitrogens with zero attached hydrogens (tertiary/aromatic N) is 4. The van der Waals surface area contributed by atoms with Crippen molar-refractivity contribution in [2.45, 2.75) is 45.3 Å². The van der Waals surface area contributed by atoms with Gasteiger partial charge in [0, 0.05) is 26.1 Å². The van der Waals surface area contributed by atoms with Gasteiger partial charge in [0.05, 0.1) is 4.92 Å². The first-order valence-electron chi connectivity index (χ1n) is 8.00. The van der Waals surface area contributed by atoms with Gasteiger partial charge in [-0.3, -0.25) is 14.9 Å². The number of hydrogen-bond donors (Lipinski definition) is 1. The first-order chi connectivity index (χ1) is 11.1. The second-order valence-electron chi connectivity index (χ2n) is 7.14. The fraction of sp³-hybridized carbons (Fsp3) is 0.733. The molecule has 0 amide bonds. The van der Waals surface area contributed by atoms with Gasteiger partial charge < -0.3 is 15.4 Å². The zero-order valence-corrected chi connectivity index (χ0v) is 14.6. The van der Waals surface area contributed by atoms with Gasteiger partial charge in [0.2, 0.25) is 5.82 Å². The summed E-state index contributed by atoms with van der Waals surface area (Å²) in [6.45, 7) is 6.51. The molecule has 1 aromatic heterocycles. The van der Waals surface area contributed by atoms with Gasteiger partial charge in [0.25, 0.3) is 0 Å². The van der Waals surface area contributed by atoms with Gasteiger partial charge in [0.15, 0.2) is 0 Å². The number of anilines is 1. The minimum Gasteiger partial charge on any atom is -0.459 e. The highest BCUT2D eigenvalue weighted by Gasteiger charge is 2.35. The van der Waals surface area contributed by atoms with Crippen molar-refractivity contribution in [2.24, 2.45) is 18.7 Å². The molecule has 0 spiro atoms. The summed E-state index contributed by atoms with van der Waals surface area (Å²) in [5, 5.41) is 15.2. The van der Waals surface area contributed by atoms with Gasteiger partial charge in [-0.05, 0) is 33.6 Å². The summed E-state index contributed by atoms with van der Waals surface area (Å²) in [5.41, 5.74) is 5.46. The second kappa shape index (κ2) is 6.76. The molecule has 1 saturated heterocycles. The molecule has 2 N–H and O–H groups in total. The quantitative estimate of drug-likeness (QED) is 0.498. The summed E-state index contributed by atoms with van der Waals surface area (Å²) < 4.78 is 6.84. The number of hydrogen-bond acceptors (Lipinski definition) is 7. The van der Waals surface area contributed by atoms with Crippen molar-refractivity contribution >= 4 is 17.5 Å². The van der Waals surface area contributed by atoms with Crippen LogP contribution in [0.1, 0.15) is 33.6 Å². The van der Waals surface area contributed by atoms with E-state index in [0.717, 1.165) is 12.8 Å². The molecule has 0 bridgehead atoms. The number of aryl methyl sites for hydroxylation is 1. The molecule has 1 fully saturated rings. The van der Waals surface area contributed by atoms with Crippen molar-refractivity contribution in [1.29, 1.82) is 0 Å². The predicted molar refractivity (Wildman–Crippen MR) is 88.6 cm³/mol. The topological polar surface area (TPSA) is 117 Å². The lowest BCUT2D eigenvalue weighted by Crippen LogP contribution is -2.49. The summed E-state index contributed by atoms with van der Waals surface area (Å²) in [4.78, 5) is 24.8. The van der Waals surface area contributed by atoms with Crippen molar-refractivity contribution in [3.8, 4) is 0 Å². The minimum absolute atomic E-state index is 0.0380. The lowest BCUT2D eigenvalue weighted by atomic mass is 9.91. The Hall–Kier alpha value is -2.16. The minimum atomic E-state index is -0.751. The lowest BCUT2D eigenvalue weighted by Gasteiger charge is -2.36. The molecule has 0 saturated carbocycles. The highest BCUT2D eigenvalue weighted by Crippen LogP contribution is 2.31. The Kier molecular flexibility index (Phi) is 5.12. The van der Waals surface area contributed by atoms with E-state index in [1.807, 2.05) is 4.90 Å². The molecular weight excluding hydrogens is 314 g/mol. The van der Waals surface area contributed by atoms with E-state index in [1.165, 1.54) is 10.9 Å². The van der Waals surface area contributed by atoms with Crippen molar-refractivity contribution in [3.63, 3.8) is 0 Å². The van der Waals surface area contributed by atoms with E-state index in [2.05, 4.69) is 5.10 Å². The van der Waals surface area contributed by atoms with Crippen LogP contribution in [-0.2, 0) is 16.6 Å². The Morgan fingerprint density at radius 3 is 2.79 bits per heavy atom. The smallest absolute Gasteiger partial charge is 0.331 e. The van der Waals surface area contributed by atoms with Gasteiger partial charge in [-0.15, -0.1) is 0 Å². The number of carbonyl (C=O) groups is 1. The maximum absolute atomic E-state index is 12.2. The number of aromatic nitrogens is 2. The van der Waals surface area contributed by atoms with Crippen LogP contribution in [0.15, 0.2) is 6.20 Å². The van der Waals surface area contributed by atoms with Gasteiger partial charge in [-0.25, -0.2) is 4.68 Å². The molecular formula is C15H25N5O4. The summed E-state index contributed by atoms with van der Waals surface area (Å²) in [6.07, 6.45) is 2.82. The molecule has 2 atom stereocenters. The van der Waals surface area contributed by atoms with Gasteiger partial charge in [-0.1, -0.05) is 0 Å². The number of ether oxygens (including phenoxy) is 1. The first kappa shape index (κ1) is 18.2. The number of piperidine rings is 1. The van der Waals surface area contributed by atoms with Gasteiger partial charge in [-0.2, -0.15) is 5.10 Å². The van der Waals surface area contributed by atoms with E-state index in [1.54, 1.807) is 27.8 Å². The third-order valence-corrected chi connectivity index (χ3v) is 4.03. The van der Waals surface area contributed by atoms with Gasteiger partial charge in [0.1, 0.15) is 17.8 Å². The van der Waals surface area contributed by atoms with Gasteiger partial charge >= 0.3 is 11.7 Å². The number of nitrogens with two attached hydrogens (primary N) is 1. The molecule has 1 aromatic rings. The molecule has 24 heavy (non-hydrogen) atoms. The molecule has 0 radical (unpaired) electrons. The maximum Gasteiger partial charge on any atom is 0.331 e. The third-order valence-electron chi connectivity index (χ3n) is 4.03. The normalized spacial score (nSPS) is 19.9. The van der Waals surface area contributed by atoms with Crippen molar-refractivity contribution in [3.05, 3.63) is 16.3 Å². The number of nitro groups is 1. The average Bonchev–Trinajstić information content (AvgIpc) is 2.87. The van der Waals surface area contributed by atoms with Crippen LogP contribution in [0.4, 0.5) is 11.5 Å². The molecule has 2 heterocycles. The van der Waals surface area contributed by atoms with E-state index in [4.69, 9.17) is 10.5 Å². The predicted octanol–water partition coefficient (Wildman–Crippen LogP) is 1.21. The Morgan fingerprint density at radius 2 is 2.21 bits per heavy atom. The molecule has 1 unspecified atom stereocenters. The molecule has 134 valence electrons. The SMILES string of the molecule is Cn1ncc([N+](=O)[O-])c1N1CCC[C@H](C(N)C(=O)OC(C)(C)C)C1. The molecule has 1 aliphatic heterocycles. The Morgan fingerprint density at radius 1 is 1.54 bits per heavy atom. The van der Waals surface area contributed by atoms with Crippen LogP contribution in [0, 0.1) is 16.0 Å². The van der Waals surface area contributed by atoms with Crippen LogP contribution in [0.5, 0.6) is 0 Å². The van der Waals surface area contributed by atoms with Crippen LogP contribution in [-0.4, -0.2) is 45.4 Å².